The molecule has 0 atom stereocenters. The Kier molecular flexibility index (Phi) is 2.93. The largest absolute Gasteiger partial charge is 0.452 e. The molecule has 2 rings (SSSR count). The highest BCUT2D eigenvalue weighted by atomic mass is 35.5. The van der Waals surface area contributed by atoms with Gasteiger partial charge in [-0.15, -0.1) is 0 Å². The van der Waals surface area contributed by atoms with Crippen LogP contribution in [0.3, 0.4) is 0 Å². The molecule has 5 nitrogen and oxygen atoms in total. The number of amides is 1. The topological polar surface area (TPSA) is 60.1 Å². The first-order chi connectivity index (χ1) is 8.00. The molecule has 2 aromatic rings. The fourth-order valence-corrected chi connectivity index (χ4v) is 1.79. The van der Waals surface area contributed by atoms with E-state index in [0.29, 0.717) is 11.3 Å². The maximum absolute atomic E-state index is 11.9. The quantitative estimate of drug-likeness (QED) is 0.895. The van der Waals surface area contributed by atoms with E-state index in [2.05, 4.69) is 10.4 Å². The molecule has 17 heavy (non-hydrogen) atoms. The zero-order valence-electron chi connectivity index (χ0n) is 9.74. The fraction of sp³-hybridized carbons (Fsp3) is 0.273. The Morgan fingerprint density at radius 3 is 2.71 bits per heavy atom. The van der Waals surface area contributed by atoms with Crippen molar-refractivity contribution < 1.29 is 9.21 Å². The van der Waals surface area contributed by atoms with Gasteiger partial charge in [0.1, 0.15) is 0 Å². The van der Waals surface area contributed by atoms with Crippen molar-refractivity contribution in [1.82, 2.24) is 9.78 Å². The Labute approximate surface area is 103 Å². The number of furan rings is 1. The van der Waals surface area contributed by atoms with Crippen LogP contribution in [0.2, 0.25) is 5.22 Å². The second-order valence-electron chi connectivity index (χ2n) is 3.73. The van der Waals surface area contributed by atoms with Crippen molar-refractivity contribution in [3.8, 4) is 0 Å². The first-order valence-electron chi connectivity index (χ1n) is 5.05. The summed E-state index contributed by atoms with van der Waals surface area (Å²) >= 11 is 5.74. The summed E-state index contributed by atoms with van der Waals surface area (Å²) in [5.41, 5.74) is 2.66. The van der Waals surface area contributed by atoms with Crippen LogP contribution in [0.15, 0.2) is 16.7 Å². The van der Waals surface area contributed by atoms with E-state index in [9.17, 15) is 4.79 Å². The van der Waals surface area contributed by atoms with Crippen LogP contribution in [-0.4, -0.2) is 15.7 Å². The maximum Gasteiger partial charge on any atom is 0.260 e. The Morgan fingerprint density at radius 1 is 1.53 bits per heavy atom. The van der Waals surface area contributed by atoms with Gasteiger partial charge in [0.15, 0.2) is 0 Å². The van der Waals surface area contributed by atoms with E-state index in [1.165, 1.54) is 12.3 Å². The summed E-state index contributed by atoms with van der Waals surface area (Å²) < 4.78 is 6.58. The number of anilines is 1. The molecular formula is C11H12ClN3O2. The number of hydrogen-bond acceptors (Lipinski definition) is 3. The van der Waals surface area contributed by atoms with Crippen LogP contribution < -0.4 is 5.32 Å². The van der Waals surface area contributed by atoms with Gasteiger partial charge in [0.2, 0.25) is 5.22 Å². The molecule has 2 aromatic heterocycles. The van der Waals surface area contributed by atoms with Crippen LogP contribution in [-0.2, 0) is 7.05 Å². The minimum absolute atomic E-state index is 0.0849. The van der Waals surface area contributed by atoms with Crippen molar-refractivity contribution in [2.24, 2.45) is 7.05 Å². The highest BCUT2D eigenvalue weighted by Crippen LogP contribution is 2.22. The monoisotopic (exact) mass is 253 g/mol. The molecule has 0 saturated carbocycles. The number of carbonyl (C=O) groups excluding carboxylic acids is 1. The van der Waals surface area contributed by atoms with Crippen LogP contribution in [0.25, 0.3) is 0 Å². The molecule has 6 heteroatoms. The molecule has 0 aliphatic heterocycles. The van der Waals surface area contributed by atoms with Crippen molar-refractivity contribution in [3.63, 3.8) is 0 Å². The molecule has 90 valence electrons. The average Bonchev–Trinajstić information content (AvgIpc) is 2.78. The van der Waals surface area contributed by atoms with Crippen molar-refractivity contribution >= 4 is 23.2 Å². The van der Waals surface area contributed by atoms with Gasteiger partial charge >= 0.3 is 0 Å². The lowest BCUT2D eigenvalue weighted by Gasteiger charge is -2.04. The average molecular weight is 254 g/mol. The molecule has 0 aromatic carbocycles. The second-order valence-corrected chi connectivity index (χ2v) is 4.07. The number of nitrogens with one attached hydrogen (secondary N) is 1. The summed E-state index contributed by atoms with van der Waals surface area (Å²) in [6, 6.07) is 1.53. The van der Waals surface area contributed by atoms with Crippen molar-refractivity contribution in [2.75, 3.05) is 5.32 Å². The molecule has 1 N–H and O–H groups in total. The van der Waals surface area contributed by atoms with E-state index >= 15 is 0 Å². The predicted molar refractivity (Wildman–Crippen MR) is 64.4 cm³/mol. The smallest absolute Gasteiger partial charge is 0.260 e. The van der Waals surface area contributed by atoms with Crippen LogP contribution >= 0.6 is 11.6 Å². The first kappa shape index (κ1) is 11.7. The molecule has 0 spiro atoms. The summed E-state index contributed by atoms with van der Waals surface area (Å²) in [5.74, 6) is -0.303. The molecule has 0 saturated heterocycles. The molecular weight excluding hydrogens is 242 g/mol. The minimum Gasteiger partial charge on any atom is -0.452 e. The van der Waals surface area contributed by atoms with Gasteiger partial charge in [-0.3, -0.25) is 9.48 Å². The zero-order chi connectivity index (χ0) is 12.6. The Morgan fingerprint density at radius 2 is 2.24 bits per heavy atom. The van der Waals surface area contributed by atoms with E-state index in [-0.39, 0.29) is 11.1 Å². The molecule has 0 unspecified atom stereocenters. The lowest BCUT2D eigenvalue weighted by atomic mass is 10.2. The summed E-state index contributed by atoms with van der Waals surface area (Å²) in [4.78, 5) is 11.9. The first-order valence-corrected chi connectivity index (χ1v) is 5.43. The number of hydrogen-bond donors (Lipinski definition) is 1. The molecule has 0 aliphatic carbocycles. The number of aromatic nitrogens is 2. The second kappa shape index (κ2) is 4.25. The molecule has 0 aliphatic rings. The van der Waals surface area contributed by atoms with Crippen LogP contribution in [0.4, 0.5) is 5.69 Å². The third kappa shape index (κ3) is 2.06. The summed E-state index contributed by atoms with van der Waals surface area (Å²) in [7, 11) is 1.82. The Bertz CT molecular complexity index is 571. The van der Waals surface area contributed by atoms with E-state index in [1.54, 1.807) is 4.68 Å². The molecule has 2 heterocycles. The minimum atomic E-state index is -0.303. The standard InChI is InChI=1S/C11H12ClN3O2/c1-6-9(7(2)15(3)14-6)13-11(16)8-4-5-17-10(8)12/h4-5H,1-3H3,(H,13,16). The summed E-state index contributed by atoms with van der Waals surface area (Å²) in [5, 5.41) is 7.07. The van der Waals surface area contributed by atoms with E-state index in [0.717, 1.165) is 11.4 Å². The number of nitrogens with zero attached hydrogens (tertiary/aromatic N) is 2. The zero-order valence-corrected chi connectivity index (χ0v) is 10.5. The molecule has 0 bridgehead atoms. The predicted octanol–water partition coefficient (Wildman–Crippen LogP) is 2.54. The third-order valence-electron chi connectivity index (χ3n) is 2.61. The van der Waals surface area contributed by atoms with E-state index in [1.807, 2.05) is 20.9 Å². The van der Waals surface area contributed by atoms with Crippen molar-refractivity contribution in [1.29, 1.82) is 0 Å². The van der Waals surface area contributed by atoms with Gasteiger partial charge in [-0.25, -0.2) is 0 Å². The SMILES string of the molecule is Cc1nn(C)c(C)c1NC(=O)c1ccoc1Cl. The van der Waals surface area contributed by atoms with Gasteiger partial charge in [-0.2, -0.15) is 5.10 Å². The number of halogens is 1. The Balaban J connectivity index is 2.28. The normalized spacial score (nSPS) is 10.6. The lowest BCUT2D eigenvalue weighted by Crippen LogP contribution is -2.12. The van der Waals surface area contributed by atoms with Crippen molar-refractivity contribution in [2.45, 2.75) is 13.8 Å². The van der Waals surface area contributed by atoms with Crippen LogP contribution in [0, 0.1) is 13.8 Å². The summed E-state index contributed by atoms with van der Waals surface area (Å²) in [6.07, 6.45) is 1.38. The highest BCUT2D eigenvalue weighted by molar-refractivity contribution is 6.32. The third-order valence-corrected chi connectivity index (χ3v) is 2.90. The van der Waals surface area contributed by atoms with Crippen LogP contribution in [0.5, 0.6) is 0 Å². The molecule has 0 radical (unpaired) electrons. The van der Waals surface area contributed by atoms with Gasteiger partial charge in [0.05, 0.1) is 28.9 Å². The van der Waals surface area contributed by atoms with Gasteiger partial charge in [-0.1, -0.05) is 0 Å². The van der Waals surface area contributed by atoms with Crippen LogP contribution in [0.1, 0.15) is 21.7 Å². The van der Waals surface area contributed by atoms with Gasteiger partial charge < -0.3 is 9.73 Å². The van der Waals surface area contributed by atoms with Gasteiger partial charge in [0, 0.05) is 7.05 Å². The summed E-state index contributed by atoms with van der Waals surface area (Å²) in [6.45, 7) is 3.71. The number of carbonyl (C=O) groups is 1. The number of aryl methyl sites for hydroxylation is 2. The maximum atomic E-state index is 11.9. The van der Waals surface area contributed by atoms with Crippen molar-refractivity contribution in [3.05, 3.63) is 34.5 Å². The van der Waals surface area contributed by atoms with E-state index < -0.39 is 0 Å². The van der Waals surface area contributed by atoms with Gasteiger partial charge in [0.25, 0.3) is 5.91 Å². The highest BCUT2D eigenvalue weighted by Gasteiger charge is 2.17. The number of rotatable bonds is 2. The molecule has 1 amide bonds. The van der Waals surface area contributed by atoms with Gasteiger partial charge in [-0.05, 0) is 31.5 Å². The lowest BCUT2D eigenvalue weighted by molar-refractivity contribution is 0.102. The fourth-order valence-electron chi connectivity index (χ4n) is 1.59. The van der Waals surface area contributed by atoms with E-state index in [4.69, 9.17) is 16.0 Å². The molecule has 0 fully saturated rings. The Hall–Kier alpha value is -1.75.